The minimum atomic E-state index is 0.226. The van der Waals surface area contributed by atoms with Gasteiger partial charge in [0.1, 0.15) is 0 Å². The summed E-state index contributed by atoms with van der Waals surface area (Å²) in [5.41, 5.74) is 0. The first kappa shape index (κ1) is 8.90. The maximum atomic E-state index is 11.2. The van der Waals surface area contributed by atoms with Gasteiger partial charge in [-0.2, -0.15) is 4.94 Å². The van der Waals surface area contributed by atoms with Crippen molar-refractivity contribution in [3.05, 3.63) is 0 Å². The fraction of sp³-hybridized carbons (Fsp3) is 1.00. The van der Waals surface area contributed by atoms with Crippen molar-refractivity contribution >= 4 is 0 Å². The first-order valence-corrected chi connectivity index (χ1v) is 4.10. The standard InChI is InChI=1S/C7H15FN2O/c8-11-7-1-4-10-5-2-9-3-6-10/h9H,1-7H2. The number of piperazine rings is 1. The van der Waals surface area contributed by atoms with E-state index in [4.69, 9.17) is 0 Å². The first-order valence-electron chi connectivity index (χ1n) is 4.10. The Balaban J connectivity index is 1.96. The second-order valence-electron chi connectivity index (χ2n) is 2.76. The fourth-order valence-electron chi connectivity index (χ4n) is 1.28. The summed E-state index contributed by atoms with van der Waals surface area (Å²) in [5, 5.41) is 3.26. The Morgan fingerprint density at radius 3 is 2.73 bits per heavy atom. The third-order valence-electron chi connectivity index (χ3n) is 1.91. The lowest BCUT2D eigenvalue weighted by atomic mass is 10.3. The average Bonchev–Trinajstić information content (AvgIpc) is 2.07. The molecule has 4 heteroatoms. The van der Waals surface area contributed by atoms with Crippen LogP contribution in [0.4, 0.5) is 4.53 Å². The van der Waals surface area contributed by atoms with Crippen LogP contribution < -0.4 is 5.32 Å². The van der Waals surface area contributed by atoms with Crippen LogP contribution >= 0.6 is 0 Å². The highest BCUT2D eigenvalue weighted by atomic mass is 19.3. The van der Waals surface area contributed by atoms with Crippen LogP contribution in [0.2, 0.25) is 0 Å². The normalized spacial score (nSPS) is 20.5. The maximum Gasteiger partial charge on any atom is 0.0888 e. The first-order chi connectivity index (χ1) is 5.43. The summed E-state index contributed by atoms with van der Waals surface area (Å²) < 4.78 is 11.2. The van der Waals surface area contributed by atoms with Gasteiger partial charge in [-0.15, -0.1) is 0 Å². The fourth-order valence-corrected chi connectivity index (χ4v) is 1.28. The average molecular weight is 162 g/mol. The molecule has 0 radical (unpaired) electrons. The van der Waals surface area contributed by atoms with Gasteiger partial charge in [0, 0.05) is 32.7 Å². The van der Waals surface area contributed by atoms with Crippen molar-refractivity contribution in [2.45, 2.75) is 6.42 Å². The van der Waals surface area contributed by atoms with E-state index in [1.807, 2.05) is 0 Å². The molecular formula is C7H15FN2O. The molecule has 0 saturated carbocycles. The van der Waals surface area contributed by atoms with Crippen molar-refractivity contribution in [2.75, 3.05) is 39.3 Å². The topological polar surface area (TPSA) is 24.5 Å². The van der Waals surface area contributed by atoms with Crippen LogP contribution in [-0.4, -0.2) is 44.2 Å². The number of hydrogen-bond donors (Lipinski definition) is 1. The van der Waals surface area contributed by atoms with Crippen LogP contribution in [0.25, 0.3) is 0 Å². The Morgan fingerprint density at radius 2 is 2.09 bits per heavy atom. The monoisotopic (exact) mass is 162 g/mol. The molecule has 0 aromatic heterocycles. The number of nitrogens with zero attached hydrogens (tertiary/aromatic N) is 1. The van der Waals surface area contributed by atoms with Crippen molar-refractivity contribution in [1.82, 2.24) is 10.2 Å². The van der Waals surface area contributed by atoms with E-state index in [1.165, 1.54) is 0 Å². The van der Waals surface area contributed by atoms with E-state index in [1.54, 1.807) is 0 Å². The molecule has 0 spiro atoms. The maximum absolute atomic E-state index is 11.2. The van der Waals surface area contributed by atoms with E-state index in [2.05, 4.69) is 15.2 Å². The molecule has 1 aliphatic rings. The van der Waals surface area contributed by atoms with Gasteiger partial charge in [0.25, 0.3) is 0 Å². The smallest absolute Gasteiger partial charge is 0.0888 e. The summed E-state index contributed by atoms with van der Waals surface area (Å²) in [6.45, 7) is 5.43. The van der Waals surface area contributed by atoms with Crippen molar-refractivity contribution < 1.29 is 9.47 Å². The van der Waals surface area contributed by atoms with Gasteiger partial charge in [-0.3, -0.25) is 0 Å². The largest absolute Gasteiger partial charge is 0.314 e. The molecule has 66 valence electrons. The molecule has 1 heterocycles. The van der Waals surface area contributed by atoms with E-state index in [0.29, 0.717) is 0 Å². The lowest BCUT2D eigenvalue weighted by molar-refractivity contribution is -0.133. The van der Waals surface area contributed by atoms with Gasteiger partial charge < -0.3 is 10.2 Å². The predicted octanol–water partition coefficient (Wildman–Crippen LogP) is 0.183. The Kier molecular flexibility index (Phi) is 4.42. The molecule has 1 saturated heterocycles. The number of hydrogen-bond acceptors (Lipinski definition) is 3. The van der Waals surface area contributed by atoms with E-state index >= 15 is 0 Å². The predicted molar refractivity (Wildman–Crippen MR) is 41.0 cm³/mol. The lowest BCUT2D eigenvalue weighted by Gasteiger charge is -2.26. The summed E-state index contributed by atoms with van der Waals surface area (Å²) in [6.07, 6.45) is 0.788. The highest BCUT2D eigenvalue weighted by Gasteiger charge is 2.07. The minimum absolute atomic E-state index is 0.226. The number of rotatable bonds is 4. The Bertz CT molecular complexity index is 96.4. The molecule has 0 amide bonds. The zero-order chi connectivity index (χ0) is 7.94. The van der Waals surface area contributed by atoms with Crippen LogP contribution in [0.3, 0.4) is 0 Å². The minimum Gasteiger partial charge on any atom is -0.314 e. The van der Waals surface area contributed by atoms with Gasteiger partial charge in [-0.25, -0.2) is 0 Å². The third-order valence-corrected chi connectivity index (χ3v) is 1.91. The van der Waals surface area contributed by atoms with Crippen LogP contribution in [-0.2, 0) is 4.94 Å². The van der Waals surface area contributed by atoms with Gasteiger partial charge in [0.2, 0.25) is 0 Å². The molecule has 1 N–H and O–H groups in total. The van der Waals surface area contributed by atoms with Gasteiger partial charge in [-0.05, 0) is 10.9 Å². The SMILES string of the molecule is FOCCCN1CCNCC1. The van der Waals surface area contributed by atoms with E-state index in [9.17, 15) is 4.53 Å². The second kappa shape index (κ2) is 5.46. The molecule has 0 unspecified atom stereocenters. The molecule has 1 rings (SSSR count). The zero-order valence-electron chi connectivity index (χ0n) is 6.68. The van der Waals surface area contributed by atoms with Crippen molar-refractivity contribution in [1.29, 1.82) is 0 Å². The van der Waals surface area contributed by atoms with Gasteiger partial charge >= 0.3 is 0 Å². The summed E-state index contributed by atoms with van der Waals surface area (Å²) in [4.78, 5) is 5.81. The summed E-state index contributed by atoms with van der Waals surface area (Å²) in [7, 11) is 0. The molecule has 0 aliphatic carbocycles. The molecule has 1 fully saturated rings. The summed E-state index contributed by atoms with van der Waals surface area (Å²) >= 11 is 0. The molecule has 3 nitrogen and oxygen atoms in total. The summed E-state index contributed by atoms with van der Waals surface area (Å²) in [5.74, 6) is 0. The van der Waals surface area contributed by atoms with Crippen LogP contribution in [0.1, 0.15) is 6.42 Å². The van der Waals surface area contributed by atoms with Crippen molar-refractivity contribution in [2.24, 2.45) is 0 Å². The quantitative estimate of drug-likeness (QED) is 0.597. The van der Waals surface area contributed by atoms with Crippen molar-refractivity contribution in [3.63, 3.8) is 0 Å². The number of nitrogens with one attached hydrogen (secondary N) is 1. The van der Waals surface area contributed by atoms with E-state index in [-0.39, 0.29) is 6.61 Å². The molecule has 1 aliphatic heterocycles. The summed E-state index contributed by atoms with van der Waals surface area (Å²) in [6, 6.07) is 0. The van der Waals surface area contributed by atoms with E-state index in [0.717, 1.165) is 39.1 Å². The van der Waals surface area contributed by atoms with Gasteiger partial charge in [-0.1, -0.05) is 0 Å². The highest BCUT2D eigenvalue weighted by molar-refractivity contribution is 4.66. The Hall–Kier alpha value is -0.190. The molecule has 11 heavy (non-hydrogen) atoms. The molecular weight excluding hydrogens is 147 g/mol. The van der Waals surface area contributed by atoms with Crippen LogP contribution in [0.15, 0.2) is 0 Å². The van der Waals surface area contributed by atoms with E-state index < -0.39 is 0 Å². The Labute approximate surface area is 66.4 Å². The molecule has 0 aromatic rings. The lowest BCUT2D eigenvalue weighted by Crippen LogP contribution is -2.43. The molecule has 0 atom stereocenters. The second-order valence-corrected chi connectivity index (χ2v) is 2.76. The van der Waals surface area contributed by atoms with Gasteiger partial charge in [0.05, 0.1) is 6.61 Å². The Morgan fingerprint density at radius 1 is 1.36 bits per heavy atom. The number of halogens is 1. The molecule has 0 bridgehead atoms. The van der Waals surface area contributed by atoms with Crippen molar-refractivity contribution in [3.8, 4) is 0 Å². The molecule has 0 aromatic carbocycles. The third kappa shape index (κ3) is 3.65. The van der Waals surface area contributed by atoms with Crippen LogP contribution in [0, 0.1) is 0 Å². The van der Waals surface area contributed by atoms with Gasteiger partial charge in [0.15, 0.2) is 0 Å². The highest BCUT2D eigenvalue weighted by Crippen LogP contribution is 1.94. The van der Waals surface area contributed by atoms with Crippen LogP contribution in [0.5, 0.6) is 0 Å². The zero-order valence-corrected chi connectivity index (χ0v) is 6.68.